The van der Waals surface area contributed by atoms with Gasteiger partial charge in [0.25, 0.3) is 5.91 Å². The van der Waals surface area contributed by atoms with E-state index in [1.165, 1.54) is 18.2 Å². The maximum absolute atomic E-state index is 12.8. The van der Waals surface area contributed by atoms with E-state index in [-0.39, 0.29) is 17.2 Å². The Bertz CT molecular complexity index is 1310. The lowest BCUT2D eigenvalue weighted by molar-refractivity contribution is -0.110. The van der Waals surface area contributed by atoms with E-state index in [0.29, 0.717) is 27.7 Å². The Morgan fingerprint density at radius 1 is 1.06 bits per heavy atom. The van der Waals surface area contributed by atoms with Gasteiger partial charge in [-0.25, -0.2) is 13.1 Å². The van der Waals surface area contributed by atoms with Crippen LogP contribution in [0.4, 0.5) is 11.4 Å². The van der Waals surface area contributed by atoms with E-state index >= 15 is 0 Å². The molecule has 4 rings (SSSR count). The molecule has 1 aliphatic heterocycles. The van der Waals surface area contributed by atoms with E-state index in [4.69, 9.17) is 16.3 Å². The second kappa shape index (κ2) is 8.99. The number of carbonyl (C=O) groups excluding carboxylic acids is 1. The molecule has 0 atom stereocenters. The Morgan fingerprint density at radius 2 is 1.81 bits per heavy atom. The number of hydrogen-bond acceptors (Lipinski definition) is 6. The van der Waals surface area contributed by atoms with Crippen LogP contribution < -0.4 is 20.2 Å². The van der Waals surface area contributed by atoms with Crippen molar-refractivity contribution in [3.05, 3.63) is 82.9 Å². The molecule has 0 bridgehead atoms. The molecule has 164 valence electrons. The molecule has 0 aliphatic carbocycles. The van der Waals surface area contributed by atoms with Gasteiger partial charge in [0.15, 0.2) is 5.71 Å². The number of para-hydroxylation sites is 1. The molecule has 0 spiro atoms. The molecule has 0 aromatic heterocycles. The van der Waals surface area contributed by atoms with Crippen LogP contribution in [0, 0.1) is 0 Å². The van der Waals surface area contributed by atoms with Crippen molar-refractivity contribution in [2.75, 3.05) is 17.9 Å². The lowest BCUT2D eigenvalue weighted by Gasteiger charge is -2.09. The molecule has 0 radical (unpaired) electrons. The summed E-state index contributed by atoms with van der Waals surface area (Å²) in [6.07, 6.45) is 0. The first-order valence-corrected chi connectivity index (χ1v) is 11.4. The molecule has 10 heteroatoms. The average molecular weight is 471 g/mol. The SMILES string of the molecule is COc1ccc(CNS(=O)(=O)c2ccc3c(c2)/C(=N/Nc2ccccc2Cl)C(=O)N3)cc1. The molecular formula is C22H19ClN4O4S. The minimum atomic E-state index is -3.83. The summed E-state index contributed by atoms with van der Waals surface area (Å²) in [6.45, 7) is 0.107. The van der Waals surface area contributed by atoms with E-state index in [1.54, 1.807) is 55.6 Å². The number of halogens is 1. The number of methoxy groups -OCH3 is 1. The first-order valence-electron chi connectivity index (χ1n) is 9.54. The van der Waals surface area contributed by atoms with E-state index in [9.17, 15) is 13.2 Å². The van der Waals surface area contributed by atoms with Gasteiger partial charge in [0, 0.05) is 12.1 Å². The van der Waals surface area contributed by atoms with Crippen LogP contribution in [0.25, 0.3) is 0 Å². The molecule has 0 fully saturated rings. The zero-order valence-electron chi connectivity index (χ0n) is 16.9. The fourth-order valence-corrected chi connectivity index (χ4v) is 4.30. The van der Waals surface area contributed by atoms with Gasteiger partial charge in [-0.05, 0) is 48.0 Å². The van der Waals surface area contributed by atoms with Crippen molar-refractivity contribution in [2.45, 2.75) is 11.4 Å². The van der Waals surface area contributed by atoms with Crippen molar-refractivity contribution in [1.29, 1.82) is 0 Å². The minimum absolute atomic E-state index is 0.0201. The molecule has 32 heavy (non-hydrogen) atoms. The van der Waals surface area contributed by atoms with Gasteiger partial charge in [0.1, 0.15) is 5.75 Å². The van der Waals surface area contributed by atoms with Gasteiger partial charge >= 0.3 is 0 Å². The first kappa shape index (κ1) is 21.8. The van der Waals surface area contributed by atoms with E-state index < -0.39 is 15.9 Å². The summed E-state index contributed by atoms with van der Waals surface area (Å²) >= 11 is 6.11. The highest BCUT2D eigenvalue weighted by Gasteiger charge is 2.28. The number of hydrogen-bond donors (Lipinski definition) is 3. The fourth-order valence-electron chi connectivity index (χ4n) is 3.08. The molecule has 0 saturated heterocycles. The number of hydrazone groups is 1. The molecular weight excluding hydrogens is 452 g/mol. The Labute approximate surface area is 190 Å². The summed E-state index contributed by atoms with van der Waals surface area (Å²) in [7, 11) is -2.27. The van der Waals surface area contributed by atoms with Crippen molar-refractivity contribution in [1.82, 2.24) is 4.72 Å². The quantitative estimate of drug-likeness (QED) is 0.457. The van der Waals surface area contributed by atoms with Crippen molar-refractivity contribution in [3.63, 3.8) is 0 Å². The van der Waals surface area contributed by atoms with Crippen LogP contribution in [0.3, 0.4) is 0 Å². The van der Waals surface area contributed by atoms with Gasteiger partial charge in [-0.3, -0.25) is 10.2 Å². The van der Waals surface area contributed by atoms with E-state index in [1.807, 2.05) is 0 Å². The smallest absolute Gasteiger partial charge is 0.276 e. The number of benzene rings is 3. The topological polar surface area (TPSA) is 109 Å². The minimum Gasteiger partial charge on any atom is -0.497 e. The highest BCUT2D eigenvalue weighted by atomic mass is 35.5. The van der Waals surface area contributed by atoms with Gasteiger partial charge in [-0.1, -0.05) is 35.9 Å². The lowest BCUT2D eigenvalue weighted by Crippen LogP contribution is -2.23. The predicted octanol–water partition coefficient (Wildman–Crippen LogP) is 3.60. The largest absolute Gasteiger partial charge is 0.497 e. The molecule has 0 saturated carbocycles. The molecule has 3 aromatic carbocycles. The molecule has 3 aromatic rings. The highest BCUT2D eigenvalue weighted by molar-refractivity contribution is 7.89. The number of fused-ring (bicyclic) bond motifs is 1. The van der Waals surface area contributed by atoms with Crippen LogP contribution in [-0.4, -0.2) is 27.1 Å². The number of sulfonamides is 1. The third kappa shape index (κ3) is 4.59. The highest BCUT2D eigenvalue weighted by Crippen LogP contribution is 2.27. The first-order chi connectivity index (χ1) is 15.4. The Balaban J connectivity index is 1.56. The van der Waals surface area contributed by atoms with Crippen LogP contribution in [0.15, 0.2) is 76.7 Å². The molecule has 1 heterocycles. The van der Waals surface area contributed by atoms with Crippen molar-refractivity contribution in [3.8, 4) is 5.75 Å². The van der Waals surface area contributed by atoms with Crippen molar-refractivity contribution >= 4 is 44.6 Å². The zero-order valence-corrected chi connectivity index (χ0v) is 18.5. The van der Waals surface area contributed by atoms with Gasteiger partial charge in [-0.2, -0.15) is 5.10 Å². The van der Waals surface area contributed by atoms with Gasteiger partial charge in [-0.15, -0.1) is 0 Å². The van der Waals surface area contributed by atoms with Gasteiger partial charge in [0.2, 0.25) is 10.0 Å². The molecule has 8 nitrogen and oxygen atoms in total. The molecule has 1 aliphatic rings. The third-order valence-corrected chi connectivity index (χ3v) is 6.54. The molecule has 3 N–H and O–H groups in total. The van der Waals surface area contributed by atoms with Crippen LogP contribution in [-0.2, 0) is 21.4 Å². The van der Waals surface area contributed by atoms with Gasteiger partial charge in [0.05, 0.1) is 28.4 Å². The summed E-state index contributed by atoms with van der Waals surface area (Å²) in [5, 5.41) is 7.27. The molecule has 0 unspecified atom stereocenters. The normalized spacial score (nSPS) is 14.2. The second-order valence-electron chi connectivity index (χ2n) is 6.89. The Kier molecular flexibility index (Phi) is 6.13. The number of ether oxygens (including phenoxy) is 1. The summed E-state index contributed by atoms with van der Waals surface area (Å²) < 4.78 is 33.3. The average Bonchev–Trinajstić information content (AvgIpc) is 3.11. The van der Waals surface area contributed by atoms with Crippen molar-refractivity contribution in [2.24, 2.45) is 5.10 Å². The lowest BCUT2D eigenvalue weighted by atomic mass is 10.1. The summed E-state index contributed by atoms with van der Waals surface area (Å²) in [4.78, 5) is 12.4. The van der Waals surface area contributed by atoms with Crippen LogP contribution in [0.5, 0.6) is 5.75 Å². The standard InChI is InChI=1S/C22H19ClN4O4S/c1-31-15-8-6-14(7-9-15)13-24-32(29,30)16-10-11-19-17(12-16)21(22(28)25-19)27-26-20-5-3-2-4-18(20)23/h2-12,24,26H,13H2,1H3,(H,25,27,28). The summed E-state index contributed by atoms with van der Waals surface area (Å²) in [5.74, 6) is 0.241. The fraction of sp³-hybridized carbons (Fsp3) is 0.0909. The third-order valence-electron chi connectivity index (χ3n) is 4.81. The zero-order chi connectivity index (χ0) is 22.7. The van der Waals surface area contributed by atoms with Crippen LogP contribution in [0.2, 0.25) is 5.02 Å². The summed E-state index contributed by atoms with van der Waals surface area (Å²) in [6, 6.07) is 18.4. The van der Waals surface area contributed by atoms with E-state index in [2.05, 4.69) is 20.6 Å². The number of amides is 1. The summed E-state index contributed by atoms with van der Waals surface area (Å²) in [5.41, 5.74) is 4.97. The number of carbonyl (C=O) groups is 1. The number of anilines is 2. The van der Waals surface area contributed by atoms with Gasteiger partial charge < -0.3 is 10.1 Å². The molecule has 1 amide bonds. The maximum atomic E-state index is 12.8. The van der Waals surface area contributed by atoms with Crippen LogP contribution in [0.1, 0.15) is 11.1 Å². The number of nitrogens with one attached hydrogen (secondary N) is 3. The monoisotopic (exact) mass is 470 g/mol. The number of rotatable bonds is 7. The Hall–Kier alpha value is -3.40. The van der Waals surface area contributed by atoms with Crippen LogP contribution >= 0.6 is 11.6 Å². The van der Waals surface area contributed by atoms with Crippen molar-refractivity contribution < 1.29 is 17.9 Å². The van der Waals surface area contributed by atoms with E-state index in [0.717, 1.165) is 5.56 Å². The Morgan fingerprint density at radius 3 is 2.53 bits per heavy atom. The maximum Gasteiger partial charge on any atom is 0.276 e. The second-order valence-corrected chi connectivity index (χ2v) is 9.06. The number of nitrogens with zero attached hydrogens (tertiary/aromatic N) is 1. The predicted molar refractivity (Wildman–Crippen MR) is 124 cm³/mol.